The molecule has 0 aliphatic heterocycles. The smallest absolute Gasteiger partial charge is 0.123 e. The third-order valence-electron chi connectivity index (χ3n) is 3.00. The highest BCUT2D eigenvalue weighted by atomic mass is 79.9. The first-order valence-corrected chi connectivity index (χ1v) is 7.31. The molecule has 0 aromatic heterocycles. The van der Waals surface area contributed by atoms with Gasteiger partial charge in [-0.15, -0.1) is 0 Å². The van der Waals surface area contributed by atoms with Crippen LogP contribution in [0.5, 0.6) is 5.75 Å². The fourth-order valence-electron chi connectivity index (χ4n) is 1.84. The molecule has 0 heterocycles. The molecule has 0 saturated carbocycles. The molecule has 4 heteroatoms. The van der Waals surface area contributed by atoms with Gasteiger partial charge in [0.25, 0.3) is 0 Å². The standard InChI is InChI=1S/C16H17BrFNO/c1-12(13-2-6-15(18)7-3-13)19-10-11-20-16-8-4-14(17)5-9-16/h2-9,12,19H,10-11H2,1H3/t12-/m0/s1. The maximum atomic E-state index is 12.8. The average molecular weight is 338 g/mol. The summed E-state index contributed by atoms with van der Waals surface area (Å²) >= 11 is 3.38. The summed E-state index contributed by atoms with van der Waals surface area (Å²) in [6.45, 7) is 3.37. The molecule has 2 nitrogen and oxygen atoms in total. The van der Waals surface area contributed by atoms with E-state index >= 15 is 0 Å². The highest BCUT2D eigenvalue weighted by molar-refractivity contribution is 9.10. The van der Waals surface area contributed by atoms with Crippen molar-refractivity contribution in [3.05, 3.63) is 64.4 Å². The third-order valence-corrected chi connectivity index (χ3v) is 3.53. The van der Waals surface area contributed by atoms with Gasteiger partial charge in [-0.25, -0.2) is 4.39 Å². The first kappa shape index (κ1) is 15.0. The third kappa shape index (κ3) is 4.62. The molecule has 0 unspecified atom stereocenters. The number of hydrogen-bond acceptors (Lipinski definition) is 2. The summed E-state index contributed by atoms with van der Waals surface area (Å²) in [5.74, 6) is 0.643. The molecule has 1 atom stereocenters. The topological polar surface area (TPSA) is 21.3 Å². The molecular formula is C16H17BrFNO. The van der Waals surface area contributed by atoms with E-state index < -0.39 is 0 Å². The summed E-state index contributed by atoms with van der Waals surface area (Å²) in [6.07, 6.45) is 0. The van der Waals surface area contributed by atoms with Crippen molar-refractivity contribution in [2.24, 2.45) is 0 Å². The highest BCUT2D eigenvalue weighted by Crippen LogP contribution is 2.16. The molecule has 0 amide bonds. The Morgan fingerprint density at radius 2 is 1.75 bits per heavy atom. The zero-order valence-corrected chi connectivity index (χ0v) is 12.9. The molecule has 0 bridgehead atoms. The molecule has 2 aromatic rings. The van der Waals surface area contributed by atoms with Crippen LogP contribution in [0.3, 0.4) is 0 Å². The van der Waals surface area contributed by atoms with E-state index in [0.717, 1.165) is 22.3 Å². The number of rotatable bonds is 6. The van der Waals surface area contributed by atoms with Crippen molar-refractivity contribution in [1.29, 1.82) is 0 Å². The van der Waals surface area contributed by atoms with Crippen LogP contribution in [0, 0.1) is 5.82 Å². The lowest BCUT2D eigenvalue weighted by atomic mass is 10.1. The maximum Gasteiger partial charge on any atom is 0.123 e. The van der Waals surface area contributed by atoms with Gasteiger partial charge in [-0.3, -0.25) is 0 Å². The van der Waals surface area contributed by atoms with Gasteiger partial charge in [-0.1, -0.05) is 28.1 Å². The maximum absolute atomic E-state index is 12.8. The normalized spacial score (nSPS) is 12.2. The molecule has 0 aliphatic rings. The Bertz CT molecular complexity index is 527. The van der Waals surface area contributed by atoms with E-state index in [1.54, 1.807) is 12.1 Å². The van der Waals surface area contributed by atoms with Gasteiger partial charge in [0.1, 0.15) is 18.2 Å². The summed E-state index contributed by atoms with van der Waals surface area (Å²) in [5, 5.41) is 3.34. The summed E-state index contributed by atoms with van der Waals surface area (Å²) in [6, 6.07) is 14.5. The van der Waals surface area contributed by atoms with Gasteiger partial charge in [0.2, 0.25) is 0 Å². The Labute approximate surface area is 127 Å². The SMILES string of the molecule is C[C@H](NCCOc1ccc(Br)cc1)c1ccc(F)cc1. The van der Waals surface area contributed by atoms with Crippen molar-refractivity contribution in [3.63, 3.8) is 0 Å². The number of benzene rings is 2. The Morgan fingerprint density at radius 3 is 2.40 bits per heavy atom. The van der Waals surface area contributed by atoms with E-state index in [1.165, 1.54) is 12.1 Å². The van der Waals surface area contributed by atoms with Gasteiger partial charge < -0.3 is 10.1 Å². The minimum atomic E-state index is -0.209. The Morgan fingerprint density at radius 1 is 1.10 bits per heavy atom. The largest absolute Gasteiger partial charge is 0.492 e. The minimum Gasteiger partial charge on any atom is -0.492 e. The molecule has 20 heavy (non-hydrogen) atoms. The van der Waals surface area contributed by atoms with Crippen molar-refractivity contribution in [1.82, 2.24) is 5.32 Å². The van der Waals surface area contributed by atoms with Crippen LogP contribution in [-0.4, -0.2) is 13.2 Å². The fraction of sp³-hybridized carbons (Fsp3) is 0.250. The van der Waals surface area contributed by atoms with Crippen LogP contribution in [0.4, 0.5) is 4.39 Å². The molecule has 0 aliphatic carbocycles. The van der Waals surface area contributed by atoms with Gasteiger partial charge in [-0.05, 0) is 48.9 Å². The van der Waals surface area contributed by atoms with Crippen LogP contribution >= 0.6 is 15.9 Å². The number of hydrogen-bond donors (Lipinski definition) is 1. The predicted molar refractivity (Wildman–Crippen MR) is 82.5 cm³/mol. The second-order valence-corrected chi connectivity index (χ2v) is 5.45. The summed E-state index contributed by atoms with van der Waals surface area (Å²) in [4.78, 5) is 0. The summed E-state index contributed by atoms with van der Waals surface area (Å²) < 4.78 is 19.5. The molecule has 0 radical (unpaired) electrons. The summed E-state index contributed by atoms with van der Waals surface area (Å²) in [7, 11) is 0. The van der Waals surface area contributed by atoms with E-state index in [-0.39, 0.29) is 11.9 Å². The van der Waals surface area contributed by atoms with Crippen molar-refractivity contribution in [2.75, 3.05) is 13.2 Å². The van der Waals surface area contributed by atoms with Gasteiger partial charge in [0, 0.05) is 17.1 Å². The fourth-order valence-corrected chi connectivity index (χ4v) is 2.11. The summed E-state index contributed by atoms with van der Waals surface area (Å²) in [5.41, 5.74) is 1.06. The molecule has 2 rings (SSSR count). The van der Waals surface area contributed by atoms with Gasteiger partial charge >= 0.3 is 0 Å². The van der Waals surface area contributed by atoms with Crippen molar-refractivity contribution < 1.29 is 9.13 Å². The van der Waals surface area contributed by atoms with Crippen LogP contribution in [0.2, 0.25) is 0 Å². The van der Waals surface area contributed by atoms with Gasteiger partial charge in [-0.2, -0.15) is 0 Å². The molecule has 2 aromatic carbocycles. The molecule has 1 N–H and O–H groups in total. The van der Waals surface area contributed by atoms with E-state index in [0.29, 0.717) is 6.61 Å². The van der Waals surface area contributed by atoms with Crippen LogP contribution in [0.1, 0.15) is 18.5 Å². The second-order valence-electron chi connectivity index (χ2n) is 4.53. The lowest BCUT2D eigenvalue weighted by molar-refractivity contribution is 0.307. The molecular weight excluding hydrogens is 321 g/mol. The van der Waals surface area contributed by atoms with Crippen LogP contribution in [-0.2, 0) is 0 Å². The van der Waals surface area contributed by atoms with E-state index in [9.17, 15) is 4.39 Å². The van der Waals surface area contributed by atoms with E-state index in [2.05, 4.69) is 21.2 Å². The predicted octanol–water partition coefficient (Wildman–Crippen LogP) is 4.32. The first-order chi connectivity index (χ1) is 9.65. The Hall–Kier alpha value is -1.39. The Balaban J connectivity index is 1.72. The lowest BCUT2D eigenvalue weighted by Gasteiger charge is -2.14. The average Bonchev–Trinajstić information content (AvgIpc) is 2.46. The number of nitrogens with one attached hydrogen (secondary N) is 1. The second kappa shape index (κ2) is 7.41. The van der Waals surface area contributed by atoms with Crippen LogP contribution in [0.15, 0.2) is 53.0 Å². The van der Waals surface area contributed by atoms with Crippen molar-refractivity contribution in [2.45, 2.75) is 13.0 Å². The molecule has 0 spiro atoms. The van der Waals surface area contributed by atoms with Crippen molar-refractivity contribution in [3.8, 4) is 5.75 Å². The van der Waals surface area contributed by atoms with E-state index in [1.807, 2.05) is 31.2 Å². The zero-order chi connectivity index (χ0) is 14.4. The van der Waals surface area contributed by atoms with Crippen LogP contribution < -0.4 is 10.1 Å². The highest BCUT2D eigenvalue weighted by Gasteiger charge is 2.04. The number of halogens is 2. The molecule has 0 saturated heterocycles. The minimum absolute atomic E-state index is 0.170. The zero-order valence-electron chi connectivity index (χ0n) is 11.3. The monoisotopic (exact) mass is 337 g/mol. The van der Waals surface area contributed by atoms with Gasteiger partial charge in [0.15, 0.2) is 0 Å². The first-order valence-electron chi connectivity index (χ1n) is 6.52. The molecule has 0 fully saturated rings. The van der Waals surface area contributed by atoms with Crippen LogP contribution in [0.25, 0.3) is 0 Å². The lowest BCUT2D eigenvalue weighted by Crippen LogP contribution is -2.24. The van der Waals surface area contributed by atoms with E-state index in [4.69, 9.17) is 4.74 Å². The van der Waals surface area contributed by atoms with Gasteiger partial charge in [0.05, 0.1) is 0 Å². The molecule has 106 valence electrons. The quantitative estimate of drug-likeness (QED) is 0.792. The Kier molecular flexibility index (Phi) is 5.56. The number of ether oxygens (including phenoxy) is 1. The van der Waals surface area contributed by atoms with Crippen molar-refractivity contribution >= 4 is 15.9 Å².